The molecule has 1 fully saturated rings. The van der Waals surface area contributed by atoms with Crippen molar-refractivity contribution in [3.05, 3.63) is 58.0 Å². The van der Waals surface area contributed by atoms with Crippen LogP contribution in [0.1, 0.15) is 47.6 Å². The van der Waals surface area contributed by atoms with Crippen molar-refractivity contribution in [1.29, 1.82) is 0 Å². The Morgan fingerprint density at radius 2 is 1.84 bits per heavy atom. The van der Waals surface area contributed by atoms with Gasteiger partial charge >= 0.3 is 5.69 Å². The summed E-state index contributed by atoms with van der Waals surface area (Å²) in [6.07, 6.45) is 3.61. The van der Waals surface area contributed by atoms with Gasteiger partial charge < -0.3 is 20.4 Å². The molecular formula is C26H33N5O6S. The second kappa shape index (κ2) is 11.4. The van der Waals surface area contributed by atoms with E-state index in [1.165, 1.54) is 0 Å². The number of benzene rings is 2. The minimum Gasteiger partial charge on any atom is -0.496 e. The quantitative estimate of drug-likeness (QED) is 0.304. The number of aromatic nitrogens is 2. The molecule has 1 aromatic heterocycles. The molecule has 0 radical (unpaired) electrons. The number of ether oxygens (including phenoxy) is 1. The summed E-state index contributed by atoms with van der Waals surface area (Å²) < 4.78 is 31.7. The molecule has 4 rings (SSSR count). The summed E-state index contributed by atoms with van der Waals surface area (Å²) in [5.41, 5.74) is 2.72. The van der Waals surface area contributed by atoms with Gasteiger partial charge in [0.2, 0.25) is 15.9 Å². The third kappa shape index (κ3) is 6.25. The van der Waals surface area contributed by atoms with Crippen molar-refractivity contribution in [3.63, 3.8) is 0 Å². The molecule has 204 valence electrons. The molecule has 2 amide bonds. The van der Waals surface area contributed by atoms with E-state index < -0.39 is 15.9 Å². The van der Waals surface area contributed by atoms with Crippen LogP contribution in [0.25, 0.3) is 11.0 Å². The molecule has 12 heteroatoms. The van der Waals surface area contributed by atoms with E-state index >= 15 is 0 Å². The Morgan fingerprint density at radius 3 is 2.53 bits per heavy atom. The van der Waals surface area contributed by atoms with Gasteiger partial charge in [-0.05, 0) is 56.4 Å². The summed E-state index contributed by atoms with van der Waals surface area (Å²) in [4.78, 5) is 41.4. The van der Waals surface area contributed by atoms with Crippen molar-refractivity contribution in [2.75, 3.05) is 31.8 Å². The van der Waals surface area contributed by atoms with Crippen LogP contribution < -0.4 is 25.8 Å². The average Bonchev–Trinajstić information content (AvgIpc) is 3.22. The van der Waals surface area contributed by atoms with Crippen LogP contribution in [0.5, 0.6) is 5.75 Å². The number of imidazole rings is 1. The second-order valence-corrected chi connectivity index (χ2v) is 11.4. The predicted molar refractivity (Wildman–Crippen MR) is 145 cm³/mol. The Morgan fingerprint density at radius 1 is 1.11 bits per heavy atom. The zero-order chi connectivity index (χ0) is 27.4. The van der Waals surface area contributed by atoms with Crippen molar-refractivity contribution in [2.45, 2.75) is 38.6 Å². The Balaban J connectivity index is 1.42. The summed E-state index contributed by atoms with van der Waals surface area (Å²) >= 11 is 0. The molecule has 1 aliphatic rings. The fourth-order valence-corrected chi connectivity index (χ4v) is 5.42. The van der Waals surface area contributed by atoms with Crippen LogP contribution in [0, 0.1) is 12.8 Å². The number of methoxy groups -OCH3 is 1. The number of para-hydroxylation sites is 1. The van der Waals surface area contributed by atoms with E-state index in [0.29, 0.717) is 53.7 Å². The Hall–Kier alpha value is -3.64. The Labute approximate surface area is 221 Å². The van der Waals surface area contributed by atoms with E-state index in [0.717, 1.165) is 11.8 Å². The molecule has 0 saturated heterocycles. The van der Waals surface area contributed by atoms with Crippen LogP contribution in [-0.4, -0.2) is 56.2 Å². The van der Waals surface area contributed by atoms with Crippen LogP contribution in [0.2, 0.25) is 0 Å². The number of amides is 2. The monoisotopic (exact) mass is 543 g/mol. The predicted octanol–water partition coefficient (Wildman–Crippen LogP) is 2.30. The second-order valence-electron chi connectivity index (χ2n) is 9.60. The highest BCUT2D eigenvalue weighted by Crippen LogP contribution is 2.34. The van der Waals surface area contributed by atoms with E-state index in [9.17, 15) is 22.8 Å². The molecule has 0 atom stereocenters. The zero-order valence-corrected chi connectivity index (χ0v) is 22.5. The van der Waals surface area contributed by atoms with Gasteiger partial charge in [0, 0.05) is 36.8 Å². The lowest BCUT2D eigenvalue weighted by Crippen LogP contribution is -2.34. The highest BCUT2D eigenvalue weighted by Gasteiger charge is 2.29. The van der Waals surface area contributed by atoms with Gasteiger partial charge in [-0.25, -0.2) is 17.9 Å². The number of hydrogen-bond donors (Lipinski definition) is 4. The Kier molecular flexibility index (Phi) is 8.22. The first-order valence-electron chi connectivity index (χ1n) is 12.5. The van der Waals surface area contributed by atoms with E-state index in [-0.39, 0.29) is 36.6 Å². The van der Waals surface area contributed by atoms with Gasteiger partial charge in [-0.2, -0.15) is 0 Å². The van der Waals surface area contributed by atoms with Crippen LogP contribution in [0.3, 0.4) is 0 Å². The first-order valence-corrected chi connectivity index (χ1v) is 14.4. The van der Waals surface area contributed by atoms with Gasteiger partial charge in [-0.15, -0.1) is 0 Å². The van der Waals surface area contributed by atoms with Crippen molar-refractivity contribution in [2.24, 2.45) is 5.92 Å². The molecule has 1 saturated carbocycles. The number of hydrogen-bond acceptors (Lipinski definition) is 6. The zero-order valence-electron chi connectivity index (χ0n) is 21.7. The van der Waals surface area contributed by atoms with Gasteiger partial charge in [-0.3, -0.25) is 14.2 Å². The minimum atomic E-state index is -3.35. The largest absolute Gasteiger partial charge is 0.496 e. The Bertz CT molecular complexity index is 1500. The molecular weight excluding hydrogens is 510 g/mol. The van der Waals surface area contributed by atoms with Crippen LogP contribution >= 0.6 is 0 Å². The highest BCUT2D eigenvalue weighted by atomic mass is 32.2. The average molecular weight is 544 g/mol. The SMILES string of the molecule is COc1cc(NC(=O)C2CCC(n3c(=O)[nH]c4c(C(=O)NCCNS(C)(=O)=O)cccc43)CC2)ccc1C. The number of carbonyl (C=O) groups is 2. The fraction of sp³-hybridized carbons (Fsp3) is 0.423. The molecule has 0 aliphatic heterocycles. The number of sulfonamides is 1. The standard InChI is InChI=1S/C26H33N5O6S/c1-16-7-10-18(15-22(16)37-2)29-24(32)17-8-11-19(12-9-17)31-21-6-4-5-20(23(21)30-26(31)34)25(33)27-13-14-28-38(3,35)36/h4-7,10,15,17,19,28H,8-9,11-14H2,1-3H3,(H,27,33)(H,29,32)(H,30,34). The van der Waals surface area contributed by atoms with Gasteiger partial charge in [0.25, 0.3) is 5.91 Å². The maximum absolute atomic E-state index is 12.9. The molecule has 11 nitrogen and oxygen atoms in total. The summed E-state index contributed by atoms with van der Waals surface area (Å²) in [6, 6.07) is 10.6. The number of aromatic amines is 1. The summed E-state index contributed by atoms with van der Waals surface area (Å²) in [6.45, 7) is 2.11. The molecule has 1 heterocycles. The van der Waals surface area contributed by atoms with Gasteiger partial charge in [-0.1, -0.05) is 12.1 Å². The van der Waals surface area contributed by atoms with Crippen LogP contribution in [0.15, 0.2) is 41.2 Å². The highest BCUT2D eigenvalue weighted by molar-refractivity contribution is 7.88. The molecule has 0 spiro atoms. The smallest absolute Gasteiger partial charge is 0.326 e. The molecule has 4 N–H and O–H groups in total. The maximum atomic E-state index is 12.9. The molecule has 1 aliphatic carbocycles. The third-order valence-electron chi connectivity index (χ3n) is 6.88. The number of carbonyl (C=O) groups excluding carboxylic acids is 2. The number of aryl methyl sites for hydroxylation is 1. The third-order valence-corrected chi connectivity index (χ3v) is 7.61. The molecule has 2 aromatic carbocycles. The number of nitrogens with zero attached hydrogens (tertiary/aromatic N) is 1. The van der Waals surface area contributed by atoms with Gasteiger partial charge in [0.1, 0.15) is 5.75 Å². The number of rotatable bonds is 9. The first kappa shape index (κ1) is 27.4. The van der Waals surface area contributed by atoms with Crippen molar-refractivity contribution >= 4 is 38.6 Å². The van der Waals surface area contributed by atoms with E-state index in [2.05, 4.69) is 20.3 Å². The van der Waals surface area contributed by atoms with Gasteiger partial charge in [0.05, 0.1) is 30.0 Å². The van der Waals surface area contributed by atoms with E-state index in [1.54, 1.807) is 35.9 Å². The van der Waals surface area contributed by atoms with Crippen LogP contribution in [0.4, 0.5) is 5.69 Å². The number of fused-ring (bicyclic) bond motifs is 1. The van der Waals surface area contributed by atoms with E-state index in [4.69, 9.17) is 4.74 Å². The lowest BCUT2D eigenvalue weighted by molar-refractivity contribution is -0.121. The molecule has 3 aromatic rings. The summed E-state index contributed by atoms with van der Waals surface area (Å²) in [5.74, 6) is 0.0857. The number of anilines is 1. The summed E-state index contributed by atoms with van der Waals surface area (Å²) in [7, 11) is -1.75. The van der Waals surface area contributed by atoms with E-state index in [1.807, 2.05) is 19.1 Å². The lowest BCUT2D eigenvalue weighted by atomic mass is 9.85. The number of H-pyrrole nitrogens is 1. The van der Waals surface area contributed by atoms with Crippen molar-refractivity contribution < 1.29 is 22.7 Å². The summed E-state index contributed by atoms with van der Waals surface area (Å²) in [5, 5.41) is 5.65. The van der Waals surface area contributed by atoms with Gasteiger partial charge in [0.15, 0.2) is 0 Å². The lowest BCUT2D eigenvalue weighted by Gasteiger charge is -2.28. The fourth-order valence-electron chi connectivity index (χ4n) is 4.95. The maximum Gasteiger partial charge on any atom is 0.326 e. The van der Waals surface area contributed by atoms with Crippen molar-refractivity contribution in [3.8, 4) is 5.75 Å². The molecule has 0 bridgehead atoms. The topological polar surface area (TPSA) is 151 Å². The normalized spacial score (nSPS) is 17.8. The van der Waals surface area contributed by atoms with Crippen LogP contribution in [-0.2, 0) is 14.8 Å². The van der Waals surface area contributed by atoms with Crippen molar-refractivity contribution in [1.82, 2.24) is 19.6 Å². The molecule has 38 heavy (non-hydrogen) atoms. The number of nitrogens with one attached hydrogen (secondary N) is 4. The molecule has 0 unspecified atom stereocenters. The minimum absolute atomic E-state index is 0.0510. The first-order chi connectivity index (χ1) is 18.1.